The van der Waals surface area contributed by atoms with Crippen LogP contribution in [0.1, 0.15) is 47.4 Å². The number of aryl methyl sites for hydroxylation is 1. The molecule has 1 unspecified atom stereocenters. The minimum Gasteiger partial charge on any atom is -0.378 e. The number of hydrogen-bond donors (Lipinski definition) is 1. The molecule has 1 amide bonds. The number of anilines is 2. The first-order valence-electron chi connectivity index (χ1n) is 12.0. The first kappa shape index (κ1) is 25.6. The lowest BCUT2D eigenvalue weighted by Gasteiger charge is -2.33. The van der Waals surface area contributed by atoms with E-state index in [0.29, 0.717) is 35.5 Å². The van der Waals surface area contributed by atoms with Crippen LogP contribution in [0.2, 0.25) is 0 Å². The van der Waals surface area contributed by atoms with Gasteiger partial charge < -0.3 is 10.2 Å². The van der Waals surface area contributed by atoms with E-state index in [1.807, 2.05) is 50.2 Å². The zero-order chi connectivity index (χ0) is 26.1. The van der Waals surface area contributed by atoms with Gasteiger partial charge in [0.05, 0.1) is 28.2 Å². The lowest BCUT2D eigenvalue weighted by atomic mass is 9.69. The van der Waals surface area contributed by atoms with Gasteiger partial charge in [-0.1, -0.05) is 31.2 Å². The monoisotopic (exact) mass is 505 g/mol. The summed E-state index contributed by atoms with van der Waals surface area (Å²) in [7, 11) is 0.688. The van der Waals surface area contributed by atoms with Gasteiger partial charge in [0.15, 0.2) is 15.6 Å². The van der Waals surface area contributed by atoms with E-state index in [9.17, 15) is 18.0 Å². The number of carbonyl (C=O) groups is 2. The SMILES string of the molecule is CCS(=O)(=O)c1ccc(CC(=O)Nc2ccc3c(n2)CCC(C)(c2ccc(N(C)C)cc2)C3=O)cc1. The highest BCUT2D eigenvalue weighted by Gasteiger charge is 2.40. The van der Waals surface area contributed by atoms with Crippen LogP contribution in [-0.4, -0.2) is 44.9 Å². The van der Waals surface area contributed by atoms with E-state index in [4.69, 9.17) is 0 Å². The second-order valence-electron chi connectivity index (χ2n) is 9.57. The van der Waals surface area contributed by atoms with Crippen molar-refractivity contribution in [3.8, 4) is 0 Å². The number of fused-ring (bicyclic) bond motifs is 1. The molecule has 0 saturated carbocycles. The maximum absolute atomic E-state index is 13.5. The Balaban J connectivity index is 1.46. The molecule has 0 radical (unpaired) electrons. The topological polar surface area (TPSA) is 96.4 Å². The molecule has 1 heterocycles. The van der Waals surface area contributed by atoms with Gasteiger partial charge in [0.2, 0.25) is 5.91 Å². The number of nitrogens with one attached hydrogen (secondary N) is 1. The van der Waals surface area contributed by atoms with Gasteiger partial charge in [0.1, 0.15) is 5.82 Å². The number of aromatic nitrogens is 1. The molecular formula is C28H31N3O4S. The number of rotatable bonds is 7. The van der Waals surface area contributed by atoms with Crippen LogP contribution < -0.4 is 10.2 Å². The number of Topliss-reactive ketones (excluding diaryl/α,β-unsaturated/α-hetero) is 1. The average molecular weight is 506 g/mol. The molecule has 1 aromatic heterocycles. The highest BCUT2D eigenvalue weighted by atomic mass is 32.2. The van der Waals surface area contributed by atoms with Crippen molar-refractivity contribution in [3.05, 3.63) is 83.0 Å². The highest BCUT2D eigenvalue weighted by molar-refractivity contribution is 7.91. The van der Waals surface area contributed by atoms with Crippen molar-refractivity contribution >= 4 is 33.0 Å². The number of benzene rings is 2. The lowest BCUT2D eigenvalue weighted by Crippen LogP contribution is -2.38. The third-order valence-corrected chi connectivity index (χ3v) is 8.65. The van der Waals surface area contributed by atoms with E-state index in [-0.39, 0.29) is 28.8 Å². The molecule has 0 fully saturated rings. The Bertz CT molecular complexity index is 1400. The van der Waals surface area contributed by atoms with Crippen molar-refractivity contribution < 1.29 is 18.0 Å². The summed E-state index contributed by atoms with van der Waals surface area (Å²) in [6.45, 7) is 3.58. The number of carbonyl (C=O) groups excluding carboxylic acids is 2. The number of sulfone groups is 1. The third kappa shape index (κ3) is 5.04. The maximum Gasteiger partial charge on any atom is 0.229 e. The zero-order valence-corrected chi connectivity index (χ0v) is 21.9. The van der Waals surface area contributed by atoms with Crippen molar-refractivity contribution in [3.63, 3.8) is 0 Å². The van der Waals surface area contributed by atoms with Crippen molar-refractivity contribution in [1.82, 2.24) is 4.98 Å². The fourth-order valence-electron chi connectivity index (χ4n) is 4.50. The molecular weight excluding hydrogens is 474 g/mol. The number of amides is 1. The summed E-state index contributed by atoms with van der Waals surface area (Å²) in [6, 6.07) is 17.8. The van der Waals surface area contributed by atoms with Crippen molar-refractivity contribution in [2.75, 3.05) is 30.1 Å². The largest absolute Gasteiger partial charge is 0.378 e. The van der Waals surface area contributed by atoms with Crippen LogP contribution >= 0.6 is 0 Å². The van der Waals surface area contributed by atoms with Gasteiger partial charge in [-0.2, -0.15) is 0 Å². The smallest absolute Gasteiger partial charge is 0.229 e. The molecule has 8 heteroatoms. The van der Waals surface area contributed by atoms with E-state index in [1.54, 1.807) is 31.2 Å². The van der Waals surface area contributed by atoms with Crippen LogP contribution in [0.25, 0.3) is 0 Å². The summed E-state index contributed by atoms with van der Waals surface area (Å²) < 4.78 is 23.9. The second kappa shape index (κ2) is 9.85. The first-order chi connectivity index (χ1) is 17.0. The van der Waals surface area contributed by atoms with Gasteiger partial charge >= 0.3 is 0 Å². The quantitative estimate of drug-likeness (QED) is 0.517. The first-order valence-corrected chi connectivity index (χ1v) is 13.6. The normalized spacial score (nSPS) is 17.4. The standard InChI is InChI=1S/C28H31N3O4S/c1-5-36(34,35)22-12-6-19(7-13-22)18-26(32)30-25-15-14-23-24(29-25)16-17-28(2,27(23)33)20-8-10-21(11-9-20)31(3)4/h6-15H,5,16-18H2,1-4H3,(H,29,30,32). The predicted octanol–water partition coefficient (Wildman–Crippen LogP) is 4.21. The minimum absolute atomic E-state index is 0.0290. The predicted molar refractivity (Wildman–Crippen MR) is 142 cm³/mol. The van der Waals surface area contributed by atoms with Crippen LogP contribution in [0.4, 0.5) is 11.5 Å². The zero-order valence-electron chi connectivity index (χ0n) is 21.0. The minimum atomic E-state index is -3.28. The van der Waals surface area contributed by atoms with Gasteiger partial charge in [-0.05, 0) is 67.3 Å². The molecule has 1 aliphatic carbocycles. The molecule has 0 saturated heterocycles. The van der Waals surface area contributed by atoms with Crippen molar-refractivity contribution in [1.29, 1.82) is 0 Å². The summed E-state index contributed by atoms with van der Waals surface area (Å²) in [5, 5.41) is 2.80. The second-order valence-corrected chi connectivity index (χ2v) is 11.8. The molecule has 0 bridgehead atoms. The summed E-state index contributed by atoms with van der Waals surface area (Å²) in [6.07, 6.45) is 1.35. The molecule has 3 aromatic rings. The molecule has 2 aromatic carbocycles. The molecule has 1 aliphatic rings. The van der Waals surface area contributed by atoms with E-state index in [2.05, 4.69) is 10.3 Å². The molecule has 1 atom stereocenters. The van der Waals surface area contributed by atoms with Crippen molar-refractivity contribution in [2.45, 2.75) is 43.4 Å². The van der Waals surface area contributed by atoms with Crippen LogP contribution in [0.3, 0.4) is 0 Å². The van der Waals surface area contributed by atoms with Crippen LogP contribution in [0, 0.1) is 0 Å². The lowest BCUT2D eigenvalue weighted by molar-refractivity contribution is -0.115. The van der Waals surface area contributed by atoms with Gasteiger partial charge in [-0.3, -0.25) is 9.59 Å². The van der Waals surface area contributed by atoms with E-state index < -0.39 is 15.3 Å². The Morgan fingerprint density at radius 3 is 2.31 bits per heavy atom. The van der Waals surface area contributed by atoms with Crippen molar-refractivity contribution in [2.24, 2.45) is 0 Å². The van der Waals surface area contributed by atoms with Crippen LogP contribution in [0.15, 0.2) is 65.6 Å². The third-order valence-electron chi connectivity index (χ3n) is 6.90. The number of pyridine rings is 1. The van der Waals surface area contributed by atoms with E-state index >= 15 is 0 Å². The Hall–Kier alpha value is -3.52. The molecule has 0 spiro atoms. The Morgan fingerprint density at radius 1 is 1.03 bits per heavy atom. The molecule has 7 nitrogen and oxygen atoms in total. The molecule has 36 heavy (non-hydrogen) atoms. The highest BCUT2D eigenvalue weighted by Crippen LogP contribution is 2.38. The van der Waals surface area contributed by atoms with Crippen LogP contribution in [0.5, 0.6) is 0 Å². The fourth-order valence-corrected chi connectivity index (χ4v) is 5.39. The Labute approximate surface area is 212 Å². The van der Waals surface area contributed by atoms with Gasteiger partial charge in [-0.25, -0.2) is 13.4 Å². The number of nitrogens with zero attached hydrogens (tertiary/aromatic N) is 2. The molecule has 0 aliphatic heterocycles. The summed E-state index contributed by atoms with van der Waals surface area (Å²) in [4.78, 5) is 32.9. The average Bonchev–Trinajstić information content (AvgIpc) is 2.86. The molecule has 1 N–H and O–H groups in total. The number of hydrogen-bond acceptors (Lipinski definition) is 6. The Kier molecular flexibility index (Phi) is 7.00. The molecule has 4 rings (SSSR count). The van der Waals surface area contributed by atoms with Gasteiger partial charge in [-0.15, -0.1) is 0 Å². The summed E-state index contributed by atoms with van der Waals surface area (Å²) in [5.74, 6) is 0.201. The van der Waals surface area contributed by atoms with E-state index in [1.165, 1.54) is 12.1 Å². The summed E-state index contributed by atoms with van der Waals surface area (Å²) in [5.41, 5.74) is 3.42. The van der Waals surface area contributed by atoms with E-state index in [0.717, 1.165) is 11.3 Å². The van der Waals surface area contributed by atoms with Crippen LogP contribution in [-0.2, 0) is 32.9 Å². The molecule has 188 valence electrons. The van der Waals surface area contributed by atoms with Gasteiger partial charge in [0.25, 0.3) is 0 Å². The van der Waals surface area contributed by atoms with Gasteiger partial charge in [0, 0.05) is 25.3 Å². The fraction of sp³-hybridized carbons (Fsp3) is 0.321. The summed E-state index contributed by atoms with van der Waals surface area (Å²) >= 11 is 0. The Morgan fingerprint density at radius 2 is 1.69 bits per heavy atom. The number of ketones is 1. The maximum atomic E-state index is 13.5.